The van der Waals surface area contributed by atoms with Gasteiger partial charge in [-0.05, 0) is 31.4 Å². The van der Waals surface area contributed by atoms with Crippen molar-refractivity contribution in [2.75, 3.05) is 19.5 Å². The maximum atomic E-state index is 12.7. The van der Waals surface area contributed by atoms with Crippen LogP contribution >= 0.6 is 0 Å². The number of ether oxygens (including phenoxy) is 2. The van der Waals surface area contributed by atoms with Crippen molar-refractivity contribution in [1.82, 2.24) is 14.1 Å². The Bertz CT molecular complexity index is 1270. The van der Waals surface area contributed by atoms with Gasteiger partial charge in [0, 0.05) is 50.1 Å². The molecule has 1 amide bonds. The zero-order valence-electron chi connectivity index (χ0n) is 18.5. The van der Waals surface area contributed by atoms with Crippen LogP contribution in [-0.2, 0) is 25.3 Å². The fourth-order valence-corrected chi connectivity index (χ4v) is 3.65. The molecule has 0 atom stereocenters. The molecule has 0 aliphatic rings. The van der Waals surface area contributed by atoms with Gasteiger partial charge in [-0.1, -0.05) is 0 Å². The number of fused-ring (bicyclic) bond motifs is 1. The second-order valence-corrected chi connectivity index (χ2v) is 7.35. The summed E-state index contributed by atoms with van der Waals surface area (Å²) < 4.78 is 12.9. The zero-order chi connectivity index (χ0) is 22.9. The molecule has 2 heterocycles. The monoisotopic (exact) mass is 426 g/mol. The van der Waals surface area contributed by atoms with Crippen LogP contribution in [-0.4, -0.2) is 34.2 Å². The van der Waals surface area contributed by atoms with Crippen LogP contribution in [0, 0.1) is 13.8 Å². The van der Waals surface area contributed by atoms with Gasteiger partial charge in [0.05, 0.1) is 19.6 Å². The van der Waals surface area contributed by atoms with E-state index in [1.54, 1.807) is 39.5 Å². The van der Waals surface area contributed by atoms with Crippen LogP contribution < -0.4 is 26.0 Å². The van der Waals surface area contributed by atoms with Crippen LogP contribution in [0.25, 0.3) is 11.0 Å². The number of hydrogen-bond acceptors (Lipinski definition) is 6. The third kappa shape index (κ3) is 4.16. The van der Waals surface area contributed by atoms with Gasteiger partial charge in [-0.15, -0.1) is 0 Å². The number of benzene rings is 1. The summed E-state index contributed by atoms with van der Waals surface area (Å²) in [6.07, 6.45) is 0.597. The summed E-state index contributed by atoms with van der Waals surface area (Å²) >= 11 is 0. The molecule has 0 fully saturated rings. The zero-order valence-corrected chi connectivity index (χ0v) is 18.5. The van der Waals surface area contributed by atoms with E-state index in [0.29, 0.717) is 40.3 Å². The van der Waals surface area contributed by atoms with E-state index in [2.05, 4.69) is 10.3 Å². The van der Waals surface area contributed by atoms with E-state index >= 15 is 0 Å². The summed E-state index contributed by atoms with van der Waals surface area (Å²) in [5, 5.41) is 3.24. The Morgan fingerprint density at radius 3 is 2.23 bits per heavy atom. The molecule has 0 unspecified atom stereocenters. The number of carbonyl (C=O) groups excluding carboxylic acids is 1. The lowest BCUT2D eigenvalue weighted by Gasteiger charge is -2.15. The fourth-order valence-electron chi connectivity index (χ4n) is 3.65. The van der Waals surface area contributed by atoms with Crippen LogP contribution in [0.1, 0.15) is 23.2 Å². The van der Waals surface area contributed by atoms with Crippen LogP contribution in [0.15, 0.2) is 27.8 Å². The second-order valence-electron chi connectivity index (χ2n) is 7.35. The minimum atomic E-state index is -0.426. The highest BCUT2D eigenvalue weighted by atomic mass is 16.5. The Hall–Kier alpha value is -3.62. The fraction of sp³-hybridized carbons (Fsp3) is 0.364. The molecule has 3 aromatic rings. The van der Waals surface area contributed by atoms with Crippen molar-refractivity contribution in [2.45, 2.75) is 26.7 Å². The topological polar surface area (TPSA) is 104 Å². The van der Waals surface area contributed by atoms with Gasteiger partial charge in [0.15, 0.2) is 0 Å². The summed E-state index contributed by atoms with van der Waals surface area (Å²) in [7, 11) is 6.11. The molecule has 1 aromatic carbocycles. The van der Waals surface area contributed by atoms with Crippen molar-refractivity contribution in [3.05, 3.63) is 55.9 Å². The van der Waals surface area contributed by atoms with Gasteiger partial charge in [-0.2, -0.15) is 0 Å². The van der Waals surface area contributed by atoms with E-state index in [4.69, 9.17) is 9.47 Å². The van der Waals surface area contributed by atoms with E-state index in [1.165, 1.54) is 11.6 Å². The maximum absolute atomic E-state index is 12.7. The minimum absolute atomic E-state index is 0.192. The number of hydrogen-bond donors (Lipinski definition) is 1. The van der Waals surface area contributed by atoms with Crippen molar-refractivity contribution in [2.24, 2.45) is 14.1 Å². The standard InChI is InChI=1S/C22H26N4O5/c1-12-17(13(2)23-20-19(12)21(28)26(4)22(29)25(20)3)7-8-18(27)24-14-9-15(30-5)11-16(10-14)31-6/h9-11H,7-8H2,1-6H3,(H,24,27). The van der Waals surface area contributed by atoms with Gasteiger partial charge in [0.2, 0.25) is 5.91 Å². The van der Waals surface area contributed by atoms with Gasteiger partial charge in [0.25, 0.3) is 5.56 Å². The number of rotatable bonds is 6. The average molecular weight is 426 g/mol. The Labute approximate surface area is 179 Å². The molecule has 0 saturated heterocycles. The molecule has 0 aliphatic carbocycles. The first kappa shape index (κ1) is 22.1. The van der Waals surface area contributed by atoms with Gasteiger partial charge < -0.3 is 14.8 Å². The van der Waals surface area contributed by atoms with Gasteiger partial charge >= 0.3 is 5.69 Å². The third-order valence-electron chi connectivity index (χ3n) is 5.41. The van der Waals surface area contributed by atoms with Crippen LogP contribution in [0.5, 0.6) is 11.5 Å². The smallest absolute Gasteiger partial charge is 0.332 e. The maximum Gasteiger partial charge on any atom is 0.332 e. The first-order valence-electron chi connectivity index (χ1n) is 9.76. The van der Waals surface area contributed by atoms with Crippen molar-refractivity contribution in [1.29, 1.82) is 0 Å². The molecule has 31 heavy (non-hydrogen) atoms. The summed E-state index contributed by atoms with van der Waals surface area (Å²) in [5.41, 5.74) is 2.33. The van der Waals surface area contributed by atoms with Crippen molar-refractivity contribution in [3.8, 4) is 11.5 Å². The Morgan fingerprint density at radius 1 is 1.03 bits per heavy atom. The van der Waals surface area contributed by atoms with Crippen molar-refractivity contribution < 1.29 is 14.3 Å². The van der Waals surface area contributed by atoms with E-state index < -0.39 is 11.2 Å². The van der Waals surface area contributed by atoms with E-state index in [-0.39, 0.29) is 12.3 Å². The molecule has 0 spiro atoms. The lowest BCUT2D eigenvalue weighted by Crippen LogP contribution is -2.38. The van der Waals surface area contributed by atoms with Gasteiger partial charge in [0.1, 0.15) is 17.1 Å². The number of nitrogens with zero attached hydrogens (tertiary/aromatic N) is 3. The van der Waals surface area contributed by atoms with Gasteiger partial charge in [-0.3, -0.25) is 18.7 Å². The molecule has 9 nitrogen and oxygen atoms in total. The summed E-state index contributed by atoms with van der Waals surface area (Å²) in [5.74, 6) is 0.950. The number of aromatic nitrogens is 3. The van der Waals surface area contributed by atoms with Crippen molar-refractivity contribution in [3.63, 3.8) is 0 Å². The SMILES string of the molecule is COc1cc(NC(=O)CCc2c(C)nc3c(c2C)c(=O)n(C)c(=O)n3C)cc(OC)c1. The normalized spacial score (nSPS) is 10.9. The Kier molecular flexibility index (Phi) is 6.14. The first-order valence-corrected chi connectivity index (χ1v) is 9.76. The van der Waals surface area contributed by atoms with E-state index in [0.717, 1.165) is 15.7 Å². The third-order valence-corrected chi connectivity index (χ3v) is 5.41. The molecule has 3 rings (SSSR count). The lowest BCUT2D eigenvalue weighted by atomic mass is 10.00. The predicted molar refractivity (Wildman–Crippen MR) is 118 cm³/mol. The quantitative estimate of drug-likeness (QED) is 0.645. The van der Waals surface area contributed by atoms with E-state index in [1.807, 2.05) is 13.8 Å². The first-order chi connectivity index (χ1) is 14.7. The van der Waals surface area contributed by atoms with Crippen LogP contribution in [0.4, 0.5) is 5.69 Å². The lowest BCUT2D eigenvalue weighted by molar-refractivity contribution is -0.116. The summed E-state index contributed by atoms with van der Waals surface area (Å²) in [4.78, 5) is 42.0. The average Bonchev–Trinajstić information content (AvgIpc) is 2.75. The predicted octanol–water partition coefficient (Wildman–Crippen LogP) is 1.84. The minimum Gasteiger partial charge on any atom is -0.497 e. The van der Waals surface area contributed by atoms with Crippen LogP contribution in [0.2, 0.25) is 0 Å². The number of amides is 1. The second kappa shape index (κ2) is 8.63. The molecule has 0 aliphatic heterocycles. The number of carbonyl (C=O) groups is 1. The molecule has 2 aromatic heterocycles. The molecular weight excluding hydrogens is 400 g/mol. The van der Waals surface area contributed by atoms with Crippen LogP contribution in [0.3, 0.4) is 0 Å². The largest absolute Gasteiger partial charge is 0.497 e. The number of methoxy groups -OCH3 is 2. The summed E-state index contributed by atoms with van der Waals surface area (Å²) in [6.45, 7) is 3.64. The van der Waals surface area contributed by atoms with E-state index in [9.17, 15) is 14.4 Å². The number of anilines is 1. The highest BCUT2D eigenvalue weighted by molar-refractivity contribution is 5.91. The highest BCUT2D eigenvalue weighted by Gasteiger charge is 2.17. The molecule has 1 N–H and O–H groups in total. The Morgan fingerprint density at radius 2 is 1.65 bits per heavy atom. The number of aryl methyl sites for hydroxylation is 3. The Balaban J connectivity index is 1.88. The molecular formula is C22H26N4O5. The molecule has 0 saturated carbocycles. The molecule has 164 valence electrons. The highest BCUT2D eigenvalue weighted by Crippen LogP contribution is 2.26. The van der Waals surface area contributed by atoms with Crippen molar-refractivity contribution >= 4 is 22.6 Å². The number of nitrogens with one attached hydrogen (secondary N) is 1. The molecule has 0 radical (unpaired) electrons. The molecule has 0 bridgehead atoms. The number of pyridine rings is 1. The molecule has 9 heteroatoms. The van der Waals surface area contributed by atoms with Gasteiger partial charge in [-0.25, -0.2) is 9.78 Å². The summed E-state index contributed by atoms with van der Waals surface area (Å²) in [6, 6.07) is 5.13.